The highest BCUT2D eigenvalue weighted by Crippen LogP contribution is 2.25. The quantitative estimate of drug-likeness (QED) is 0.708. The molecule has 0 spiro atoms. The number of anilines is 1. The molecular weight excluding hydrogens is 332 g/mol. The second kappa shape index (κ2) is 8.80. The number of methoxy groups -OCH3 is 1. The Kier molecular flexibility index (Phi) is 6.22. The standard InChI is InChI=1S/C19H26N4O3/c1-3-26-19(24)16-5-4-8-22(13-16)18-7-6-15(11-20-18)17-12-21-23(14-17)9-10-25-2/h6-7,11-12,14,16H,3-5,8-10,13H2,1-2H3. The van der Waals surface area contributed by atoms with Crippen LogP contribution < -0.4 is 4.90 Å². The van der Waals surface area contributed by atoms with E-state index in [1.165, 1.54) is 0 Å². The minimum Gasteiger partial charge on any atom is -0.466 e. The number of hydrogen-bond acceptors (Lipinski definition) is 6. The largest absolute Gasteiger partial charge is 0.466 e. The number of carbonyl (C=O) groups is 1. The Morgan fingerprint density at radius 1 is 1.31 bits per heavy atom. The summed E-state index contributed by atoms with van der Waals surface area (Å²) in [7, 11) is 1.68. The van der Waals surface area contributed by atoms with Crippen LogP contribution in [0.5, 0.6) is 0 Å². The van der Waals surface area contributed by atoms with Crippen LogP contribution in [0.2, 0.25) is 0 Å². The Balaban J connectivity index is 1.65. The van der Waals surface area contributed by atoms with Gasteiger partial charge in [-0.1, -0.05) is 0 Å². The average Bonchev–Trinajstić information content (AvgIpc) is 3.16. The van der Waals surface area contributed by atoms with Crippen LogP contribution >= 0.6 is 0 Å². The third kappa shape index (κ3) is 4.40. The second-order valence-corrected chi connectivity index (χ2v) is 6.43. The zero-order valence-electron chi connectivity index (χ0n) is 15.4. The lowest BCUT2D eigenvalue weighted by Gasteiger charge is -2.32. The molecule has 0 aromatic carbocycles. The molecule has 1 aliphatic rings. The zero-order valence-corrected chi connectivity index (χ0v) is 15.4. The van der Waals surface area contributed by atoms with Crippen LogP contribution in [0.1, 0.15) is 19.8 Å². The van der Waals surface area contributed by atoms with Crippen molar-refractivity contribution in [2.24, 2.45) is 5.92 Å². The van der Waals surface area contributed by atoms with E-state index in [-0.39, 0.29) is 11.9 Å². The molecule has 3 heterocycles. The molecule has 0 amide bonds. The summed E-state index contributed by atoms with van der Waals surface area (Å²) in [4.78, 5) is 18.8. The van der Waals surface area contributed by atoms with Crippen molar-refractivity contribution in [3.05, 3.63) is 30.7 Å². The molecule has 140 valence electrons. The highest BCUT2D eigenvalue weighted by Gasteiger charge is 2.27. The molecule has 0 bridgehead atoms. The van der Waals surface area contributed by atoms with Gasteiger partial charge in [-0.3, -0.25) is 9.48 Å². The maximum Gasteiger partial charge on any atom is 0.310 e. The van der Waals surface area contributed by atoms with Crippen LogP contribution in [0.15, 0.2) is 30.7 Å². The van der Waals surface area contributed by atoms with Gasteiger partial charge in [-0.2, -0.15) is 5.10 Å². The minimum absolute atomic E-state index is 0.0656. The van der Waals surface area contributed by atoms with Gasteiger partial charge < -0.3 is 14.4 Å². The highest BCUT2D eigenvalue weighted by molar-refractivity contribution is 5.73. The summed E-state index contributed by atoms with van der Waals surface area (Å²) in [5, 5.41) is 4.34. The molecule has 2 aromatic rings. The molecule has 26 heavy (non-hydrogen) atoms. The van der Waals surface area contributed by atoms with Crippen molar-refractivity contribution in [3.63, 3.8) is 0 Å². The van der Waals surface area contributed by atoms with E-state index in [0.717, 1.165) is 42.9 Å². The predicted octanol–water partition coefficient (Wildman–Crippen LogP) is 2.37. The second-order valence-electron chi connectivity index (χ2n) is 6.43. The molecule has 3 rings (SSSR count). The van der Waals surface area contributed by atoms with E-state index in [9.17, 15) is 4.79 Å². The number of esters is 1. The normalized spacial score (nSPS) is 17.3. The lowest BCUT2D eigenvalue weighted by molar-refractivity contribution is -0.148. The first-order valence-corrected chi connectivity index (χ1v) is 9.10. The first kappa shape index (κ1) is 18.4. The van der Waals surface area contributed by atoms with Crippen molar-refractivity contribution in [1.82, 2.24) is 14.8 Å². The van der Waals surface area contributed by atoms with E-state index in [0.29, 0.717) is 19.8 Å². The lowest BCUT2D eigenvalue weighted by atomic mass is 9.98. The molecule has 1 aliphatic heterocycles. The molecule has 1 unspecified atom stereocenters. The summed E-state index contributed by atoms with van der Waals surface area (Å²) in [6, 6.07) is 4.06. The first-order chi connectivity index (χ1) is 12.7. The summed E-state index contributed by atoms with van der Waals surface area (Å²) in [5.41, 5.74) is 2.06. The molecule has 0 aliphatic carbocycles. The minimum atomic E-state index is -0.0997. The molecule has 2 aromatic heterocycles. The van der Waals surface area contributed by atoms with E-state index in [1.807, 2.05) is 42.3 Å². The van der Waals surface area contributed by atoms with Crippen molar-refractivity contribution in [2.75, 3.05) is 38.3 Å². The summed E-state index contributed by atoms with van der Waals surface area (Å²) in [6.45, 7) is 5.22. The molecule has 0 saturated carbocycles. The van der Waals surface area contributed by atoms with Crippen molar-refractivity contribution < 1.29 is 14.3 Å². The summed E-state index contributed by atoms with van der Waals surface area (Å²) < 4.78 is 12.1. The highest BCUT2D eigenvalue weighted by atomic mass is 16.5. The van der Waals surface area contributed by atoms with Crippen LogP contribution in [0.4, 0.5) is 5.82 Å². The molecule has 7 heteroatoms. The lowest BCUT2D eigenvalue weighted by Crippen LogP contribution is -2.39. The number of ether oxygens (including phenoxy) is 2. The average molecular weight is 358 g/mol. The van der Waals surface area contributed by atoms with E-state index >= 15 is 0 Å². The fraction of sp³-hybridized carbons (Fsp3) is 0.526. The maximum atomic E-state index is 12.0. The van der Waals surface area contributed by atoms with Gasteiger partial charge in [-0.25, -0.2) is 4.98 Å². The molecule has 1 atom stereocenters. The van der Waals surface area contributed by atoms with Gasteiger partial charge in [0.25, 0.3) is 0 Å². The number of rotatable bonds is 7. The molecule has 1 saturated heterocycles. The van der Waals surface area contributed by atoms with E-state index in [4.69, 9.17) is 9.47 Å². The van der Waals surface area contributed by atoms with Gasteiger partial charge in [0.2, 0.25) is 0 Å². The van der Waals surface area contributed by atoms with Crippen LogP contribution in [0, 0.1) is 5.92 Å². The third-order valence-electron chi connectivity index (χ3n) is 4.60. The maximum absolute atomic E-state index is 12.0. The van der Waals surface area contributed by atoms with Crippen LogP contribution in [0.25, 0.3) is 11.1 Å². The smallest absolute Gasteiger partial charge is 0.310 e. The van der Waals surface area contributed by atoms with E-state index < -0.39 is 0 Å². The van der Waals surface area contributed by atoms with Crippen LogP contribution in [-0.2, 0) is 20.8 Å². The Morgan fingerprint density at radius 3 is 2.92 bits per heavy atom. The van der Waals surface area contributed by atoms with Crippen LogP contribution in [-0.4, -0.2) is 54.1 Å². The van der Waals surface area contributed by atoms with Crippen molar-refractivity contribution in [2.45, 2.75) is 26.3 Å². The fourth-order valence-corrected chi connectivity index (χ4v) is 3.20. The Bertz CT molecular complexity index is 714. The van der Waals surface area contributed by atoms with E-state index in [1.54, 1.807) is 7.11 Å². The molecule has 1 fully saturated rings. The fourth-order valence-electron chi connectivity index (χ4n) is 3.20. The molecular formula is C19H26N4O3. The molecule has 7 nitrogen and oxygen atoms in total. The van der Waals surface area contributed by atoms with Crippen LogP contribution in [0.3, 0.4) is 0 Å². The Hall–Kier alpha value is -2.41. The molecule has 0 radical (unpaired) electrons. The van der Waals surface area contributed by atoms with Crippen molar-refractivity contribution in [3.8, 4) is 11.1 Å². The SMILES string of the molecule is CCOC(=O)C1CCCN(c2ccc(-c3cnn(CCOC)c3)cn2)C1. The van der Waals surface area contributed by atoms with Gasteiger partial charge in [0.1, 0.15) is 5.82 Å². The monoisotopic (exact) mass is 358 g/mol. The Morgan fingerprint density at radius 2 is 2.19 bits per heavy atom. The first-order valence-electron chi connectivity index (χ1n) is 9.10. The molecule has 0 N–H and O–H groups in total. The number of hydrogen-bond donors (Lipinski definition) is 0. The number of nitrogens with zero attached hydrogens (tertiary/aromatic N) is 4. The number of piperidine rings is 1. The van der Waals surface area contributed by atoms with Crippen molar-refractivity contribution in [1.29, 1.82) is 0 Å². The van der Waals surface area contributed by atoms with Gasteiger partial charge in [-0.05, 0) is 31.9 Å². The van der Waals surface area contributed by atoms with Gasteiger partial charge in [0, 0.05) is 43.7 Å². The number of pyridine rings is 1. The summed E-state index contributed by atoms with van der Waals surface area (Å²) in [5.74, 6) is 0.732. The van der Waals surface area contributed by atoms with Crippen molar-refractivity contribution >= 4 is 11.8 Å². The van der Waals surface area contributed by atoms with Gasteiger partial charge in [0.15, 0.2) is 0 Å². The van der Waals surface area contributed by atoms with Gasteiger partial charge in [0.05, 0.1) is 31.9 Å². The number of carbonyl (C=O) groups excluding carboxylic acids is 1. The summed E-state index contributed by atoms with van der Waals surface area (Å²) >= 11 is 0. The zero-order chi connectivity index (χ0) is 18.4. The predicted molar refractivity (Wildman–Crippen MR) is 98.9 cm³/mol. The third-order valence-corrected chi connectivity index (χ3v) is 4.60. The van der Waals surface area contributed by atoms with Gasteiger partial charge >= 0.3 is 5.97 Å². The Labute approximate surface area is 153 Å². The van der Waals surface area contributed by atoms with E-state index in [2.05, 4.69) is 15.0 Å². The van der Waals surface area contributed by atoms with Gasteiger partial charge in [-0.15, -0.1) is 0 Å². The summed E-state index contributed by atoms with van der Waals surface area (Å²) in [6.07, 6.45) is 7.55. The topological polar surface area (TPSA) is 69.5 Å². The number of aromatic nitrogens is 3.